The van der Waals surface area contributed by atoms with Gasteiger partial charge in [0, 0.05) is 27.6 Å². The second-order valence-corrected chi connectivity index (χ2v) is 17.7. The molecule has 0 fully saturated rings. The molecule has 13 aromatic rings. The lowest BCUT2D eigenvalue weighted by Crippen LogP contribution is -2.28. The van der Waals surface area contributed by atoms with Crippen LogP contribution in [-0.2, 0) is 5.41 Å². The Morgan fingerprint density at radius 3 is 1.37 bits per heavy atom. The molecule has 0 N–H and O–H groups in total. The van der Waals surface area contributed by atoms with E-state index in [1.165, 1.54) is 44.2 Å². The third-order valence-electron chi connectivity index (χ3n) is 14.0. The fourth-order valence-corrected chi connectivity index (χ4v) is 10.8. The summed E-state index contributed by atoms with van der Waals surface area (Å²) in [5.41, 5.74) is 20.0. The fraction of sp³-hybridized carbons (Fsp3) is 0.0159. The smallest absolute Gasteiger partial charge is 0.227 e. The molecule has 3 heterocycles. The summed E-state index contributed by atoms with van der Waals surface area (Å²) in [6.45, 7) is 0. The van der Waals surface area contributed by atoms with Crippen LogP contribution in [-0.4, -0.2) is 14.5 Å². The first-order valence-corrected chi connectivity index (χ1v) is 23.0. The molecule has 5 nitrogen and oxygen atoms in total. The van der Waals surface area contributed by atoms with Crippen LogP contribution in [0.25, 0.3) is 106 Å². The Kier molecular flexibility index (Phi) is 8.43. The molecular formula is C63H39N3O2. The molecule has 0 unspecified atom stereocenters. The van der Waals surface area contributed by atoms with E-state index in [-0.39, 0.29) is 0 Å². The molecule has 0 radical (unpaired) electrons. The first kappa shape index (κ1) is 38.2. The van der Waals surface area contributed by atoms with Crippen molar-refractivity contribution in [3.05, 3.63) is 259 Å². The molecule has 5 heteroatoms. The number of hydrogen-bond donors (Lipinski definition) is 0. The Bertz CT molecular complexity index is 3950. The Labute approximate surface area is 391 Å². The van der Waals surface area contributed by atoms with Crippen molar-refractivity contribution >= 4 is 44.0 Å². The third kappa shape index (κ3) is 5.82. The zero-order valence-corrected chi connectivity index (χ0v) is 36.7. The lowest BCUT2D eigenvalue weighted by Gasteiger charge is -2.34. The minimum Gasteiger partial charge on any atom is -0.436 e. The van der Waals surface area contributed by atoms with Gasteiger partial charge in [0.25, 0.3) is 0 Å². The summed E-state index contributed by atoms with van der Waals surface area (Å²) in [6, 6.07) is 84.7. The standard InChI is InChI=1S/C63H39N3O2/c1-4-14-46(15-5-1)63(47-16-6-2-7-17-47)53-36-44(40-24-28-42(29-25-40)61-64-55-20-10-12-22-59(55)67-61)32-34-49(53)51-39-58-52(38-54(51)63)50-35-33-45(37-57(50)66(58)48-18-8-3-9-19-48)41-26-30-43(31-27-41)62-65-56-21-11-13-23-60(56)68-62/h1-39H. The maximum absolute atomic E-state index is 6.14. The van der Waals surface area contributed by atoms with Crippen molar-refractivity contribution < 1.29 is 8.83 Å². The maximum Gasteiger partial charge on any atom is 0.227 e. The normalized spacial score (nSPS) is 12.8. The van der Waals surface area contributed by atoms with Crippen molar-refractivity contribution in [3.8, 4) is 62.0 Å². The zero-order valence-electron chi connectivity index (χ0n) is 36.7. The van der Waals surface area contributed by atoms with Crippen LogP contribution in [0.1, 0.15) is 22.3 Å². The van der Waals surface area contributed by atoms with Crippen molar-refractivity contribution in [3.63, 3.8) is 0 Å². The van der Waals surface area contributed by atoms with Gasteiger partial charge >= 0.3 is 0 Å². The minimum absolute atomic E-state index is 0.604. The van der Waals surface area contributed by atoms with Crippen molar-refractivity contribution in [1.29, 1.82) is 0 Å². The van der Waals surface area contributed by atoms with Gasteiger partial charge in [-0.15, -0.1) is 0 Å². The molecule has 1 aliphatic rings. The van der Waals surface area contributed by atoms with Crippen LogP contribution < -0.4 is 0 Å². The Morgan fingerprint density at radius 1 is 0.338 bits per heavy atom. The van der Waals surface area contributed by atoms with E-state index in [1.807, 2.05) is 48.5 Å². The van der Waals surface area contributed by atoms with Gasteiger partial charge in [-0.3, -0.25) is 0 Å². The minimum atomic E-state index is -0.604. The fourth-order valence-electron chi connectivity index (χ4n) is 10.8. The van der Waals surface area contributed by atoms with Gasteiger partial charge < -0.3 is 13.4 Å². The van der Waals surface area contributed by atoms with E-state index in [4.69, 9.17) is 18.8 Å². The van der Waals surface area contributed by atoms with Crippen LogP contribution in [0.3, 0.4) is 0 Å². The number of benzene rings is 10. The van der Waals surface area contributed by atoms with Crippen molar-refractivity contribution in [2.45, 2.75) is 5.41 Å². The highest BCUT2D eigenvalue weighted by atomic mass is 16.4. The summed E-state index contributed by atoms with van der Waals surface area (Å²) < 4.78 is 14.7. The summed E-state index contributed by atoms with van der Waals surface area (Å²) in [5, 5.41) is 2.41. The van der Waals surface area contributed by atoms with E-state index in [1.54, 1.807) is 0 Å². The van der Waals surface area contributed by atoms with E-state index in [2.05, 4.69) is 193 Å². The number of fused-ring (bicyclic) bond motifs is 8. The Hall–Kier alpha value is -9.06. The van der Waals surface area contributed by atoms with E-state index >= 15 is 0 Å². The SMILES string of the molecule is c1ccc(-n2c3cc(-c4ccc(-c5nc6ccccc6o5)cc4)ccc3c3cc4c(cc32)-c2ccc(-c3ccc(-c5nc6ccccc6o5)cc3)cc2C4(c2ccccc2)c2ccccc2)cc1. The van der Waals surface area contributed by atoms with Gasteiger partial charge in [0.15, 0.2) is 11.2 Å². The summed E-state index contributed by atoms with van der Waals surface area (Å²) in [6.07, 6.45) is 0. The van der Waals surface area contributed by atoms with Gasteiger partial charge in [0.2, 0.25) is 11.8 Å². The molecule has 0 atom stereocenters. The third-order valence-corrected chi connectivity index (χ3v) is 14.0. The summed E-state index contributed by atoms with van der Waals surface area (Å²) in [5.74, 6) is 1.24. The molecule has 68 heavy (non-hydrogen) atoms. The molecule has 0 aliphatic heterocycles. The number of nitrogens with zero attached hydrogens (tertiary/aromatic N) is 3. The molecule has 10 aromatic carbocycles. The lowest BCUT2D eigenvalue weighted by atomic mass is 9.67. The number of oxazole rings is 2. The first-order valence-electron chi connectivity index (χ1n) is 23.0. The van der Waals surface area contributed by atoms with Crippen LogP contribution in [0.2, 0.25) is 0 Å². The van der Waals surface area contributed by atoms with Gasteiger partial charge in [-0.05, 0) is 141 Å². The first-order chi connectivity index (χ1) is 33.7. The van der Waals surface area contributed by atoms with Gasteiger partial charge in [-0.1, -0.05) is 152 Å². The topological polar surface area (TPSA) is 57.0 Å². The van der Waals surface area contributed by atoms with Gasteiger partial charge in [0.1, 0.15) is 11.0 Å². The van der Waals surface area contributed by atoms with Crippen LogP contribution in [0.5, 0.6) is 0 Å². The number of para-hydroxylation sites is 5. The quantitative estimate of drug-likeness (QED) is 0.160. The maximum atomic E-state index is 6.14. The van der Waals surface area contributed by atoms with Gasteiger partial charge in [-0.25, -0.2) is 9.97 Å². The van der Waals surface area contributed by atoms with Crippen LogP contribution in [0.15, 0.2) is 245 Å². The highest BCUT2D eigenvalue weighted by Gasteiger charge is 2.47. The Balaban J connectivity index is 0.958. The number of rotatable bonds is 7. The molecule has 3 aromatic heterocycles. The molecule has 1 aliphatic carbocycles. The zero-order chi connectivity index (χ0) is 44.8. The molecule has 0 bridgehead atoms. The van der Waals surface area contributed by atoms with Gasteiger partial charge in [0.05, 0.1) is 16.4 Å². The monoisotopic (exact) mass is 869 g/mol. The number of aromatic nitrogens is 3. The van der Waals surface area contributed by atoms with Crippen molar-refractivity contribution in [2.24, 2.45) is 0 Å². The van der Waals surface area contributed by atoms with Gasteiger partial charge in [-0.2, -0.15) is 0 Å². The van der Waals surface area contributed by atoms with Crippen molar-refractivity contribution in [2.75, 3.05) is 0 Å². The molecule has 0 saturated heterocycles. The largest absolute Gasteiger partial charge is 0.436 e. The highest BCUT2D eigenvalue weighted by Crippen LogP contribution is 2.58. The average molecular weight is 870 g/mol. The number of hydrogen-bond acceptors (Lipinski definition) is 4. The second kappa shape index (κ2) is 15.0. The van der Waals surface area contributed by atoms with E-state index < -0.39 is 5.41 Å². The average Bonchev–Trinajstić information content (AvgIpc) is 4.19. The summed E-state index contributed by atoms with van der Waals surface area (Å²) >= 11 is 0. The highest BCUT2D eigenvalue weighted by molar-refractivity contribution is 6.13. The van der Waals surface area contributed by atoms with E-state index in [9.17, 15) is 0 Å². The molecule has 0 amide bonds. The molecule has 14 rings (SSSR count). The molecular weight excluding hydrogens is 831 g/mol. The van der Waals surface area contributed by atoms with Crippen LogP contribution >= 0.6 is 0 Å². The van der Waals surface area contributed by atoms with E-state index in [0.717, 1.165) is 72.3 Å². The van der Waals surface area contributed by atoms with Crippen LogP contribution in [0, 0.1) is 0 Å². The molecule has 318 valence electrons. The molecule has 0 saturated carbocycles. The van der Waals surface area contributed by atoms with E-state index in [0.29, 0.717) is 11.8 Å². The lowest BCUT2D eigenvalue weighted by molar-refractivity contribution is 0.619. The summed E-state index contributed by atoms with van der Waals surface area (Å²) in [4.78, 5) is 9.51. The predicted molar refractivity (Wildman–Crippen MR) is 275 cm³/mol. The molecule has 0 spiro atoms. The second-order valence-electron chi connectivity index (χ2n) is 17.7. The Morgan fingerprint density at radius 2 is 0.794 bits per heavy atom. The predicted octanol–water partition coefficient (Wildman–Crippen LogP) is 16.1. The summed E-state index contributed by atoms with van der Waals surface area (Å²) in [7, 11) is 0. The van der Waals surface area contributed by atoms with Crippen LogP contribution in [0.4, 0.5) is 0 Å². The van der Waals surface area contributed by atoms with Crippen molar-refractivity contribution in [1.82, 2.24) is 14.5 Å².